The van der Waals surface area contributed by atoms with Crippen LogP contribution in [0.15, 0.2) is 29.4 Å². The molecule has 1 aromatic carbocycles. The van der Waals surface area contributed by atoms with Crippen LogP contribution in [0.2, 0.25) is 0 Å². The predicted octanol–water partition coefficient (Wildman–Crippen LogP) is 3.65. The lowest BCUT2D eigenvalue weighted by molar-refractivity contribution is -0.384. The van der Waals surface area contributed by atoms with Crippen LogP contribution in [0.1, 0.15) is 38.1 Å². The Balaban J connectivity index is 3.03. The number of thioether (sulfide) groups is 1. The molecular weight excluding hydrogens is 376 g/mol. The zero-order valence-electron chi connectivity index (χ0n) is 15.2. The summed E-state index contributed by atoms with van der Waals surface area (Å²) in [7, 11) is 0. The number of nitrogens with zero attached hydrogens (tertiary/aromatic N) is 4. The Hall–Kier alpha value is -2.91. The van der Waals surface area contributed by atoms with E-state index in [-0.39, 0.29) is 21.8 Å². The van der Waals surface area contributed by atoms with E-state index in [9.17, 15) is 24.5 Å². The van der Waals surface area contributed by atoms with Crippen LogP contribution in [-0.4, -0.2) is 33.3 Å². The summed E-state index contributed by atoms with van der Waals surface area (Å²) >= 11 is 1.26. The predicted molar refractivity (Wildman–Crippen MR) is 98.0 cm³/mol. The van der Waals surface area contributed by atoms with Gasteiger partial charge in [-0.1, -0.05) is 20.8 Å². The number of hydrogen-bond donors (Lipinski definition) is 0. The molecule has 0 aliphatic carbocycles. The molecule has 10 nitrogen and oxygen atoms in total. The number of non-ortho nitro benzene ring substituents is 1. The number of hydrogen-bond acceptors (Lipinski definition) is 7. The van der Waals surface area contributed by atoms with Crippen LogP contribution in [0.4, 0.5) is 5.69 Å². The van der Waals surface area contributed by atoms with Gasteiger partial charge in [-0.05, 0) is 29.7 Å². The van der Waals surface area contributed by atoms with Crippen molar-refractivity contribution < 1.29 is 24.0 Å². The van der Waals surface area contributed by atoms with Gasteiger partial charge in [-0.2, -0.15) is 11.8 Å². The highest BCUT2D eigenvalue weighted by molar-refractivity contribution is 8.00. The first-order valence-corrected chi connectivity index (χ1v) is 8.64. The van der Waals surface area contributed by atoms with E-state index in [0.717, 1.165) is 24.3 Å². The summed E-state index contributed by atoms with van der Waals surface area (Å²) in [4.78, 5) is 49.2. The van der Waals surface area contributed by atoms with Crippen molar-refractivity contribution >= 4 is 35.3 Å². The molecular formula is C16H18N4O6S. The van der Waals surface area contributed by atoms with Crippen LogP contribution in [0.3, 0.4) is 0 Å². The van der Waals surface area contributed by atoms with Crippen molar-refractivity contribution in [1.29, 1.82) is 0 Å². The fraction of sp³-hybridized carbons (Fsp3) is 0.438. The molecule has 0 aliphatic rings. The second-order valence-electron chi connectivity index (χ2n) is 6.71. The summed E-state index contributed by atoms with van der Waals surface area (Å²) in [5.41, 5.74) is 6.30. The van der Waals surface area contributed by atoms with E-state index in [1.807, 2.05) is 20.8 Å². The molecule has 1 amide bonds. The largest absolute Gasteiger partial charge is 0.389 e. The number of carbonyl (C=O) groups excluding carboxylic acids is 3. The molecule has 0 saturated heterocycles. The zero-order chi connectivity index (χ0) is 20.8. The Bertz CT molecular complexity index is 811. The molecule has 1 atom stereocenters. The Kier molecular flexibility index (Phi) is 7.09. The van der Waals surface area contributed by atoms with Crippen LogP contribution in [-0.2, 0) is 14.3 Å². The number of benzene rings is 1. The first-order chi connectivity index (χ1) is 12.4. The van der Waals surface area contributed by atoms with Crippen LogP contribution in [0, 0.1) is 15.5 Å². The van der Waals surface area contributed by atoms with Gasteiger partial charge in [0.15, 0.2) is 0 Å². The van der Waals surface area contributed by atoms with Crippen LogP contribution in [0.25, 0.3) is 10.4 Å². The Labute approximate surface area is 159 Å². The molecule has 0 unspecified atom stereocenters. The molecule has 0 saturated carbocycles. The highest BCUT2D eigenvalue weighted by Gasteiger charge is 2.44. The molecule has 0 N–H and O–H groups in total. The van der Waals surface area contributed by atoms with Gasteiger partial charge in [-0.25, -0.2) is 4.79 Å². The van der Waals surface area contributed by atoms with Crippen molar-refractivity contribution in [3.05, 3.63) is 50.4 Å². The van der Waals surface area contributed by atoms with Crippen LogP contribution >= 0.6 is 11.8 Å². The van der Waals surface area contributed by atoms with Crippen LogP contribution < -0.4 is 0 Å². The molecule has 1 rings (SSSR count). The third-order valence-corrected chi connectivity index (χ3v) is 4.94. The van der Waals surface area contributed by atoms with Gasteiger partial charge in [-0.3, -0.25) is 19.7 Å². The average molecular weight is 394 g/mol. The van der Waals surface area contributed by atoms with Gasteiger partial charge in [-0.15, -0.1) is 0 Å². The summed E-state index contributed by atoms with van der Waals surface area (Å²) in [6.45, 7) is 6.82. The van der Waals surface area contributed by atoms with Crippen molar-refractivity contribution in [1.82, 2.24) is 0 Å². The van der Waals surface area contributed by atoms with Crippen LogP contribution in [0.5, 0.6) is 0 Å². The van der Waals surface area contributed by atoms with E-state index in [4.69, 9.17) is 10.3 Å². The minimum atomic E-state index is -1.86. The van der Waals surface area contributed by atoms with Crippen molar-refractivity contribution in [2.75, 3.05) is 5.75 Å². The normalized spacial score (nSPS) is 13.0. The fourth-order valence-corrected chi connectivity index (χ4v) is 2.66. The topological polar surface area (TPSA) is 152 Å². The number of carbonyl (C=O) groups is 3. The van der Waals surface area contributed by atoms with Crippen molar-refractivity contribution in [2.24, 2.45) is 10.5 Å². The lowest BCUT2D eigenvalue weighted by atomic mass is 9.92. The molecule has 0 spiro atoms. The quantitative estimate of drug-likeness (QED) is 0.136. The third kappa shape index (κ3) is 6.08. The van der Waals surface area contributed by atoms with Gasteiger partial charge < -0.3 is 4.74 Å². The number of amides is 1. The number of azide groups is 1. The number of nitro benzene ring substituents is 1. The highest BCUT2D eigenvalue weighted by Crippen LogP contribution is 2.33. The molecule has 0 heterocycles. The standard InChI is InChI=1S/C16H18N4O6S/c1-15(2,3)27-9-16(4,13(22)18-19-17)14(23)26-12(21)10-5-7-11(8-6-10)20(24)25/h5-8H,9H2,1-4H3/t16-/m0/s1. The molecule has 0 bridgehead atoms. The van der Waals surface area contributed by atoms with Crippen molar-refractivity contribution in [3.8, 4) is 0 Å². The molecule has 0 aromatic heterocycles. The van der Waals surface area contributed by atoms with Gasteiger partial charge in [0.25, 0.3) is 5.69 Å². The van der Waals surface area contributed by atoms with Gasteiger partial charge in [0.2, 0.25) is 5.91 Å². The molecule has 11 heteroatoms. The third-order valence-electron chi connectivity index (χ3n) is 3.35. The summed E-state index contributed by atoms with van der Waals surface area (Å²) in [5.74, 6) is -3.38. The highest BCUT2D eigenvalue weighted by atomic mass is 32.2. The summed E-state index contributed by atoms with van der Waals surface area (Å²) < 4.78 is 4.46. The maximum Gasteiger partial charge on any atom is 0.345 e. The van der Waals surface area contributed by atoms with E-state index < -0.39 is 28.2 Å². The molecule has 144 valence electrons. The van der Waals surface area contributed by atoms with Crippen molar-refractivity contribution in [2.45, 2.75) is 32.4 Å². The average Bonchev–Trinajstić information content (AvgIpc) is 2.59. The van der Waals surface area contributed by atoms with Gasteiger partial charge >= 0.3 is 11.9 Å². The first kappa shape index (κ1) is 22.1. The summed E-state index contributed by atoms with van der Waals surface area (Å²) in [5, 5.41) is 13.6. The zero-order valence-corrected chi connectivity index (χ0v) is 16.0. The van der Waals surface area contributed by atoms with E-state index in [1.165, 1.54) is 18.7 Å². The minimum absolute atomic E-state index is 0.0687. The van der Waals surface area contributed by atoms with Gasteiger partial charge in [0.1, 0.15) is 5.41 Å². The maximum atomic E-state index is 12.5. The fourth-order valence-electron chi connectivity index (χ4n) is 1.69. The second kappa shape index (κ2) is 8.65. The lowest BCUT2D eigenvalue weighted by Gasteiger charge is -2.27. The molecule has 27 heavy (non-hydrogen) atoms. The molecule has 0 fully saturated rings. The Morgan fingerprint density at radius 2 is 1.78 bits per heavy atom. The Morgan fingerprint density at radius 1 is 1.22 bits per heavy atom. The van der Waals surface area contributed by atoms with E-state index >= 15 is 0 Å². The van der Waals surface area contributed by atoms with Gasteiger partial charge in [0, 0.05) is 27.5 Å². The number of rotatable bonds is 6. The summed E-state index contributed by atoms with van der Waals surface area (Å²) in [6.07, 6.45) is 0. The first-order valence-electron chi connectivity index (χ1n) is 7.65. The SMILES string of the molecule is CC(C)(C)SC[C@@](C)(C(=O)N=[N+]=[N-])C(=O)OC(=O)c1ccc([N+](=O)[O-])cc1. The monoisotopic (exact) mass is 394 g/mol. The van der Waals surface area contributed by atoms with E-state index in [1.54, 1.807) is 0 Å². The molecule has 0 aliphatic heterocycles. The minimum Gasteiger partial charge on any atom is -0.389 e. The Morgan fingerprint density at radius 3 is 2.22 bits per heavy atom. The number of nitro groups is 1. The van der Waals surface area contributed by atoms with Gasteiger partial charge in [0.05, 0.1) is 10.5 Å². The number of ether oxygens (including phenoxy) is 1. The second-order valence-corrected chi connectivity index (χ2v) is 8.51. The smallest absolute Gasteiger partial charge is 0.345 e. The number of esters is 2. The van der Waals surface area contributed by atoms with E-state index in [2.05, 4.69) is 10.0 Å². The maximum absolute atomic E-state index is 12.5. The summed E-state index contributed by atoms with van der Waals surface area (Å²) in [6, 6.07) is 4.43. The molecule has 0 radical (unpaired) electrons. The van der Waals surface area contributed by atoms with Crippen molar-refractivity contribution in [3.63, 3.8) is 0 Å². The molecule has 1 aromatic rings. The van der Waals surface area contributed by atoms with E-state index in [0.29, 0.717) is 0 Å². The lowest BCUT2D eigenvalue weighted by Crippen LogP contribution is -2.41.